The molecule has 0 saturated heterocycles. The number of amidine groups is 1. The van der Waals surface area contributed by atoms with E-state index >= 15 is 0 Å². The van der Waals surface area contributed by atoms with E-state index in [1.165, 1.54) is 5.56 Å². The highest BCUT2D eigenvalue weighted by atomic mass is 35.5. The first kappa shape index (κ1) is 14.7. The zero-order valence-corrected chi connectivity index (χ0v) is 13.2. The smallest absolute Gasteiger partial charge is 0.159 e. The van der Waals surface area contributed by atoms with Gasteiger partial charge in [-0.15, -0.1) is 0 Å². The first-order valence-corrected chi connectivity index (χ1v) is 7.72. The topological polar surface area (TPSA) is 27.6 Å². The number of thioether (sulfide) groups is 1. The van der Waals surface area contributed by atoms with Crippen LogP contribution < -0.4 is 5.32 Å². The third kappa shape index (κ3) is 4.41. The minimum atomic E-state index is 0.156. The average Bonchev–Trinajstić information content (AvgIpc) is 2.37. The van der Waals surface area contributed by atoms with Crippen LogP contribution in [0.2, 0.25) is 5.02 Å². The Bertz CT molecular complexity index is 451. The maximum Gasteiger partial charge on any atom is 0.159 e. The Labute approximate surface area is 124 Å². The Hall–Kier alpha value is -0.710. The average molecular weight is 298 g/mol. The summed E-state index contributed by atoms with van der Waals surface area (Å²) in [6, 6.07) is 7.96. The molecule has 0 fully saturated rings. The lowest BCUT2D eigenvalue weighted by Crippen LogP contribution is -2.50. The van der Waals surface area contributed by atoms with E-state index in [0.29, 0.717) is 0 Å². The molecule has 0 unspecified atom stereocenters. The summed E-state index contributed by atoms with van der Waals surface area (Å²) in [6.45, 7) is 8.23. The predicted octanol–water partition coefficient (Wildman–Crippen LogP) is 3.55. The highest BCUT2D eigenvalue weighted by Crippen LogP contribution is 2.19. The van der Waals surface area contributed by atoms with Crippen LogP contribution in [0.3, 0.4) is 0 Å². The summed E-state index contributed by atoms with van der Waals surface area (Å²) < 4.78 is 0. The van der Waals surface area contributed by atoms with Crippen LogP contribution in [0.25, 0.3) is 0 Å². The van der Waals surface area contributed by atoms with Gasteiger partial charge in [-0.05, 0) is 38.5 Å². The summed E-state index contributed by atoms with van der Waals surface area (Å²) in [5.74, 6) is 0.915. The first-order chi connectivity index (χ1) is 8.95. The standard InChI is InChI=1S/C14H20ClN3S/c1-14(2,3)18-9-16-13(17-10-18)19-8-11-4-6-12(15)7-5-11/h4-7H,8-10H2,1-3H3,(H,16,17). The van der Waals surface area contributed by atoms with E-state index in [4.69, 9.17) is 11.6 Å². The van der Waals surface area contributed by atoms with Crippen LogP contribution in [-0.4, -0.2) is 28.9 Å². The molecule has 0 bridgehead atoms. The van der Waals surface area contributed by atoms with E-state index in [1.807, 2.05) is 12.1 Å². The highest BCUT2D eigenvalue weighted by molar-refractivity contribution is 8.13. The minimum Gasteiger partial charge on any atom is -0.352 e. The van der Waals surface area contributed by atoms with Gasteiger partial charge in [-0.2, -0.15) is 0 Å². The molecule has 1 heterocycles. The molecule has 0 aliphatic carbocycles. The quantitative estimate of drug-likeness (QED) is 0.905. The van der Waals surface area contributed by atoms with Crippen molar-refractivity contribution in [3.63, 3.8) is 0 Å². The van der Waals surface area contributed by atoms with Crippen molar-refractivity contribution < 1.29 is 0 Å². The van der Waals surface area contributed by atoms with Crippen molar-refractivity contribution in [1.82, 2.24) is 10.2 Å². The Balaban J connectivity index is 1.85. The van der Waals surface area contributed by atoms with E-state index in [0.717, 1.165) is 29.3 Å². The molecule has 5 heteroatoms. The van der Waals surface area contributed by atoms with Crippen molar-refractivity contribution in [1.29, 1.82) is 0 Å². The maximum atomic E-state index is 5.87. The molecule has 0 saturated carbocycles. The molecule has 0 radical (unpaired) electrons. The minimum absolute atomic E-state index is 0.156. The third-order valence-corrected chi connectivity index (χ3v) is 4.32. The van der Waals surface area contributed by atoms with Crippen LogP contribution in [-0.2, 0) is 5.75 Å². The van der Waals surface area contributed by atoms with Crippen LogP contribution in [0.5, 0.6) is 0 Å². The fourth-order valence-corrected chi connectivity index (χ4v) is 2.63. The molecule has 2 rings (SSSR count). The Kier molecular flexibility index (Phi) is 4.76. The molecule has 1 aliphatic rings. The lowest BCUT2D eigenvalue weighted by molar-refractivity contribution is 0.131. The van der Waals surface area contributed by atoms with Gasteiger partial charge in [-0.3, -0.25) is 4.90 Å². The van der Waals surface area contributed by atoms with Gasteiger partial charge >= 0.3 is 0 Å². The van der Waals surface area contributed by atoms with Gasteiger partial charge in [0.25, 0.3) is 0 Å². The van der Waals surface area contributed by atoms with Crippen molar-refractivity contribution in [2.45, 2.75) is 32.1 Å². The number of rotatable bonds is 2. The van der Waals surface area contributed by atoms with Crippen LogP contribution in [0.4, 0.5) is 0 Å². The van der Waals surface area contributed by atoms with Gasteiger partial charge < -0.3 is 5.32 Å². The maximum absolute atomic E-state index is 5.87. The molecule has 1 aromatic rings. The molecule has 0 atom stereocenters. The third-order valence-electron chi connectivity index (χ3n) is 3.04. The highest BCUT2D eigenvalue weighted by Gasteiger charge is 2.23. The summed E-state index contributed by atoms with van der Waals surface area (Å²) in [5.41, 5.74) is 1.42. The molecule has 0 aromatic heterocycles. The monoisotopic (exact) mass is 297 g/mol. The molecule has 1 aromatic carbocycles. The normalized spacial score (nSPS) is 16.9. The zero-order chi connectivity index (χ0) is 13.9. The van der Waals surface area contributed by atoms with Crippen LogP contribution in [0, 0.1) is 0 Å². The SMILES string of the molecule is CC(C)(C)N1CN=C(SCc2ccc(Cl)cc2)NC1. The van der Waals surface area contributed by atoms with Gasteiger partial charge in [0.05, 0.1) is 13.3 Å². The van der Waals surface area contributed by atoms with Gasteiger partial charge in [0.2, 0.25) is 0 Å². The molecular weight excluding hydrogens is 278 g/mol. The van der Waals surface area contributed by atoms with Crippen LogP contribution >= 0.6 is 23.4 Å². The van der Waals surface area contributed by atoms with Crippen molar-refractivity contribution in [3.8, 4) is 0 Å². The van der Waals surface area contributed by atoms with Gasteiger partial charge in [0.1, 0.15) is 0 Å². The molecule has 0 spiro atoms. The number of halogens is 1. The summed E-state index contributed by atoms with van der Waals surface area (Å²) in [6.07, 6.45) is 0. The number of nitrogens with one attached hydrogen (secondary N) is 1. The molecule has 1 aliphatic heterocycles. The molecule has 1 N–H and O–H groups in total. The zero-order valence-electron chi connectivity index (χ0n) is 11.6. The lowest BCUT2D eigenvalue weighted by atomic mass is 10.1. The van der Waals surface area contributed by atoms with Crippen molar-refractivity contribution in [2.24, 2.45) is 4.99 Å². The van der Waals surface area contributed by atoms with Gasteiger partial charge in [-0.1, -0.05) is 35.5 Å². The van der Waals surface area contributed by atoms with E-state index in [-0.39, 0.29) is 5.54 Å². The summed E-state index contributed by atoms with van der Waals surface area (Å²) >= 11 is 7.61. The van der Waals surface area contributed by atoms with E-state index in [1.54, 1.807) is 11.8 Å². The number of nitrogens with zero attached hydrogens (tertiary/aromatic N) is 2. The number of aliphatic imine (C=N–C) groups is 1. The van der Waals surface area contributed by atoms with Crippen LogP contribution in [0.15, 0.2) is 29.3 Å². The Morgan fingerprint density at radius 2 is 2.00 bits per heavy atom. The predicted molar refractivity (Wildman–Crippen MR) is 84.6 cm³/mol. The van der Waals surface area contributed by atoms with Gasteiger partial charge in [0.15, 0.2) is 5.17 Å². The van der Waals surface area contributed by atoms with Gasteiger partial charge in [-0.25, -0.2) is 4.99 Å². The fraction of sp³-hybridized carbons (Fsp3) is 0.500. The number of benzene rings is 1. The van der Waals surface area contributed by atoms with Gasteiger partial charge in [0, 0.05) is 16.3 Å². The van der Waals surface area contributed by atoms with E-state index in [9.17, 15) is 0 Å². The largest absolute Gasteiger partial charge is 0.352 e. The van der Waals surface area contributed by atoms with Crippen LogP contribution in [0.1, 0.15) is 26.3 Å². The molecular formula is C14H20ClN3S. The van der Waals surface area contributed by atoms with Crippen molar-refractivity contribution in [2.75, 3.05) is 13.3 Å². The summed E-state index contributed by atoms with van der Waals surface area (Å²) in [7, 11) is 0. The molecule has 104 valence electrons. The number of hydrogen-bond acceptors (Lipinski definition) is 4. The Morgan fingerprint density at radius 1 is 1.32 bits per heavy atom. The fourth-order valence-electron chi connectivity index (χ4n) is 1.70. The first-order valence-electron chi connectivity index (χ1n) is 6.36. The van der Waals surface area contributed by atoms with E-state index in [2.05, 4.69) is 48.1 Å². The van der Waals surface area contributed by atoms with Crippen molar-refractivity contribution >= 4 is 28.5 Å². The number of hydrogen-bond donors (Lipinski definition) is 1. The molecule has 3 nitrogen and oxygen atoms in total. The second-order valence-electron chi connectivity index (χ2n) is 5.57. The lowest BCUT2D eigenvalue weighted by Gasteiger charge is -2.37. The van der Waals surface area contributed by atoms with E-state index < -0.39 is 0 Å². The van der Waals surface area contributed by atoms with Crippen molar-refractivity contribution in [3.05, 3.63) is 34.9 Å². The second kappa shape index (κ2) is 6.16. The Morgan fingerprint density at radius 3 is 2.53 bits per heavy atom. The second-order valence-corrected chi connectivity index (χ2v) is 6.97. The summed E-state index contributed by atoms with van der Waals surface area (Å²) in [4.78, 5) is 6.88. The summed E-state index contributed by atoms with van der Waals surface area (Å²) in [5, 5.41) is 5.17. The molecule has 19 heavy (non-hydrogen) atoms. The molecule has 0 amide bonds.